The van der Waals surface area contributed by atoms with Gasteiger partial charge in [-0.05, 0) is 31.0 Å². The Kier molecular flexibility index (Phi) is 7.85. The summed E-state index contributed by atoms with van der Waals surface area (Å²) >= 11 is 0. The van der Waals surface area contributed by atoms with Crippen LogP contribution in [0.1, 0.15) is 18.4 Å². The van der Waals surface area contributed by atoms with Crippen LogP contribution in [0, 0.1) is 0 Å². The summed E-state index contributed by atoms with van der Waals surface area (Å²) in [4.78, 5) is 14.4. The summed E-state index contributed by atoms with van der Waals surface area (Å²) in [6.45, 7) is 5.33. The molecule has 1 fully saturated rings. The first-order valence-electron chi connectivity index (χ1n) is 8.51. The van der Waals surface area contributed by atoms with Gasteiger partial charge in [-0.25, -0.2) is 0 Å². The van der Waals surface area contributed by atoms with Gasteiger partial charge >= 0.3 is 0 Å². The molecule has 0 aliphatic carbocycles. The van der Waals surface area contributed by atoms with Gasteiger partial charge in [0.05, 0.1) is 27.4 Å². The van der Waals surface area contributed by atoms with Crippen molar-refractivity contribution in [2.75, 3.05) is 53.6 Å². The number of amides is 1. The molecule has 1 amide bonds. The number of rotatable bonds is 9. The third kappa shape index (κ3) is 5.69. The van der Waals surface area contributed by atoms with Crippen LogP contribution in [0.4, 0.5) is 0 Å². The molecule has 6 nitrogen and oxygen atoms in total. The number of carbonyl (C=O) groups is 1. The molecular weight excluding hydrogens is 308 g/mol. The normalized spacial score (nSPS) is 15.1. The molecule has 1 aromatic carbocycles. The van der Waals surface area contributed by atoms with Gasteiger partial charge in [0.2, 0.25) is 5.91 Å². The summed E-state index contributed by atoms with van der Waals surface area (Å²) in [6.07, 6.45) is 2.05. The maximum Gasteiger partial charge on any atom is 0.220 e. The number of nitrogens with zero attached hydrogens (tertiary/aromatic N) is 1. The van der Waals surface area contributed by atoms with Crippen molar-refractivity contribution in [3.63, 3.8) is 0 Å². The van der Waals surface area contributed by atoms with Gasteiger partial charge in [-0.1, -0.05) is 12.1 Å². The number of ether oxygens (including phenoxy) is 3. The molecule has 134 valence electrons. The van der Waals surface area contributed by atoms with E-state index in [4.69, 9.17) is 14.2 Å². The minimum absolute atomic E-state index is 0.0712. The first kappa shape index (κ1) is 18.5. The van der Waals surface area contributed by atoms with Gasteiger partial charge < -0.3 is 19.5 Å². The van der Waals surface area contributed by atoms with Crippen LogP contribution in [-0.2, 0) is 16.0 Å². The molecule has 1 saturated heterocycles. The van der Waals surface area contributed by atoms with Crippen molar-refractivity contribution in [2.45, 2.75) is 19.3 Å². The second kappa shape index (κ2) is 10.2. The van der Waals surface area contributed by atoms with Crippen molar-refractivity contribution in [1.29, 1.82) is 0 Å². The number of aryl methyl sites for hydroxylation is 1. The van der Waals surface area contributed by atoms with Gasteiger partial charge in [0, 0.05) is 26.1 Å². The molecule has 0 atom stereocenters. The highest BCUT2D eigenvalue weighted by atomic mass is 16.5. The maximum absolute atomic E-state index is 12.0. The molecule has 1 heterocycles. The Morgan fingerprint density at radius 3 is 2.75 bits per heavy atom. The third-order valence-electron chi connectivity index (χ3n) is 4.18. The zero-order valence-electron chi connectivity index (χ0n) is 14.7. The van der Waals surface area contributed by atoms with Crippen molar-refractivity contribution < 1.29 is 19.0 Å². The average molecular weight is 336 g/mol. The van der Waals surface area contributed by atoms with Gasteiger partial charge in [0.25, 0.3) is 0 Å². The van der Waals surface area contributed by atoms with E-state index >= 15 is 0 Å². The number of methoxy groups -OCH3 is 2. The molecule has 24 heavy (non-hydrogen) atoms. The number of benzene rings is 1. The van der Waals surface area contributed by atoms with Crippen LogP contribution in [0.25, 0.3) is 0 Å². The van der Waals surface area contributed by atoms with E-state index in [0.29, 0.717) is 30.9 Å². The number of carbonyl (C=O) groups excluding carboxylic acids is 1. The fraction of sp³-hybridized carbons (Fsp3) is 0.611. The van der Waals surface area contributed by atoms with E-state index in [-0.39, 0.29) is 5.91 Å². The third-order valence-corrected chi connectivity index (χ3v) is 4.18. The molecule has 0 radical (unpaired) electrons. The highest BCUT2D eigenvalue weighted by Gasteiger charge is 2.12. The van der Waals surface area contributed by atoms with Gasteiger partial charge in [-0.15, -0.1) is 0 Å². The fourth-order valence-electron chi connectivity index (χ4n) is 2.84. The minimum Gasteiger partial charge on any atom is -0.493 e. The number of nitrogens with one attached hydrogen (secondary N) is 1. The molecule has 0 aromatic heterocycles. The van der Waals surface area contributed by atoms with Gasteiger partial charge in [0.15, 0.2) is 11.5 Å². The van der Waals surface area contributed by atoms with Gasteiger partial charge in [-0.3, -0.25) is 9.69 Å². The highest BCUT2D eigenvalue weighted by Crippen LogP contribution is 2.31. The number of hydrogen-bond acceptors (Lipinski definition) is 5. The zero-order chi connectivity index (χ0) is 17.2. The lowest BCUT2D eigenvalue weighted by molar-refractivity contribution is -0.121. The lowest BCUT2D eigenvalue weighted by Gasteiger charge is -2.26. The van der Waals surface area contributed by atoms with E-state index in [2.05, 4.69) is 10.2 Å². The number of para-hydroxylation sites is 1. The van der Waals surface area contributed by atoms with Gasteiger partial charge in [0.1, 0.15) is 0 Å². The van der Waals surface area contributed by atoms with Crippen LogP contribution < -0.4 is 14.8 Å². The maximum atomic E-state index is 12.0. The molecule has 0 saturated carbocycles. The average Bonchev–Trinajstić information content (AvgIpc) is 2.63. The molecule has 2 rings (SSSR count). The van der Waals surface area contributed by atoms with E-state index in [9.17, 15) is 4.79 Å². The fourth-order valence-corrected chi connectivity index (χ4v) is 2.84. The Hall–Kier alpha value is -1.79. The molecule has 6 heteroatoms. The molecular formula is C18H28N2O4. The Labute approximate surface area is 144 Å². The van der Waals surface area contributed by atoms with Crippen molar-refractivity contribution in [1.82, 2.24) is 10.2 Å². The lowest BCUT2D eigenvalue weighted by Crippen LogP contribution is -2.38. The van der Waals surface area contributed by atoms with E-state index in [0.717, 1.165) is 44.8 Å². The van der Waals surface area contributed by atoms with E-state index in [1.807, 2.05) is 18.2 Å². The van der Waals surface area contributed by atoms with Crippen LogP contribution in [0.2, 0.25) is 0 Å². The first-order chi connectivity index (χ1) is 11.7. The summed E-state index contributed by atoms with van der Waals surface area (Å²) in [5.74, 6) is 1.47. The van der Waals surface area contributed by atoms with Crippen molar-refractivity contribution in [3.05, 3.63) is 23.8 Å². The predicted octanol–water partition coefficient (Wildman–Crippen LogP) is 1.47. The van der Waals surface area contributed by atoms with Crippen molar-refractivity contribution in [2.24, 2.45) is 0 Å². The van der Waals surface area contributed by atoms with Crippen LogP contribution in [0.5, 0.6) is 11.5 Å². The Morgan fingerprint density at radius 1 is 1.25 bits per heavy atom. The highest BCUT2D eigenvalue weighted by molar-refractivity contribution is 5.76. The molecule has 0 unspecified atom stereocenters. The molecule has 1 N–H and O–H groups in total. The summed E-state index contributed by atoms with van der Waals surface area (Å²) in [5.41, 5.74) is 0.986. The Bertz CT molecular complexity index is 516. The number of hydrogen-bond donors (Lipinski definition) is 1. The largest absolute Gasteiger partial charge is 0.493 e. The standard InChI is InChI=1S/C18H28N2O4/c1-22-16-6-3-5-15(18(16)23-2)7-8-17(21)19-9-4-10-20-11-13-24-14-12-20/h3,5-6H,4,7-14H2,1-2H3,(H,19,21). The van der Waals surface area contributed by atoms with E-state index in [1.165, 1.54) is 0 Å². The molecule has 0 bridgehead atoms. The predicted molar refractivity (Wildman–Crippen MR) is 92.8 cm³/mol. The van der Waals surface area contributed by atoms with Gasteiger partial charge in [-0.2, -0.15) is 0 Å². The van der Waals surface area contributed by atoms with E-state index in [1.54, 1.807) is 14.2 Å². The van der Waals surface area contributed by atoms with Crippen LogP contribution >= 0.6 is 0 Å². The number of morpholine rings is 1. The first-order valence-corrected chi connectivity index (χ1v) is 8.51. The summed E-state index contributed by atoms with van der Waals surface area (Å²) < 4.78 is 16.0. The topological polar surface area (TPSA) is 60.0 Å². The second-order valence-electron chi connectivity index (χ2n) is 5.81. The van der Waals surface area contributed by atoms with Crippen LogP contribution in [-0.4, -0.2) is 64.4 Å². The van der Waals surface area contributed by atoms with Crippen LogP contribution in [0.3, 0.4) is 0 Å². The summed E-state index contributed by atoms with van der Waals surface area (Å²) in [5, 5.41) is 2.99. The summed E-state index contributed by atoms with van der Waals surface area (Å²) in [7, 11) is 3.23. The molecule has 1 aliphatic heterocycles. The smallest absolute Gasteiger partial charge is 0.220 e. The molecule has 1 aromatic rings. The SMILES string of the molecule is COc1cccc(CCC(=O)NCCCN2CCOCC2)c1OC. The van der Waals surface area contributed by atoms with Crippen molar-refractivity contribution >= 4 is 5.91 Å². The summed E-state index contributed by atoms with van der Waals surface area (Å²) in [6, 6.07) is 5.73. The Balaban J connectivity index is 1.67. The Morgan fingerprint density at radius 2 is 2.04 bits per heavy atom. The lowest BCUT2D eigenvalue weighted by atomic mass is 10.1. The van der Waals surface area contributed by atoms with Crippen molar-refractivity contribution in [3.8, 4) is 11.5 Å². The second-order valence-corrected chi connectivity index (χ2v) is 5.81. The van der Waals surface area contributed by atoms with E-state index < -0.39 is 0 Å². The molecule has 0 spiro atoms. The van der Waals surface area contributed by atoms with Crippen LogP contribution in [0.15, 0.2) is 18.2 Å². The minimum atomic E-state index is 0.0712. The quantitative estimate of drug-likeness (QED) is 0.692. The monoisotopic (exact) mass is 336 g/mol. The molecule has 1 aliphatic rings. The zero-order valence-corrected chi connectivity index (χ0v) is 14.7.